The number of pyridine rings is 1. The van der Waals surface area contributed by atoms with Crippen LogP contribution in [0.4, 0.5) is 0 Å². The first-order valence-corrected chi connectivity index (χ1v) is 15.8. The first-order chi connectivity index (χ1) is 21.2. The highest BCUT2D eigenvalue weighted by Crippen LogP contribution is 2.61. The number of benzene rings is 4. The highest BCUT2D eigenvalue weighted by Gasteiger charge is 2.52. The minimum absolute atomic E-state index is 0.262. The van der Waals surface area contributed by atoms with Gasteiger partial charge in [0.15, 0.2) is 12.0 Å². The molecule has 43 heavy (non-hydrogen) atoms. The Kier molecular flexibility index (Phi) is 5.69. The van der Waals surface area contributed by atoms with Crippen LogP contribution in [0.3, 0.4) is 0 Å². The molecule has 0 atom stereocenters. The Morgan fingerprint density at radius 3 is 1.58 bits per heavy atom. The third kappa shape index (κ3) is 4.33. The van der Waals surface area contributed by atoms with Crippen molar-refractivity contribution in [1.29, 1.82) is 0 Å². The van der Waals surface area contributed by atoms with E-state index in [1.54, 1.807) is 6.39 Å². The van der Waals surface area contributed by atoms with Crippen molar-refractivity contribution in [3.05, 3.63) is 121 Å². The number of nitrogens with zero attached hydrogens (tertiary/aromatic N) is 2. The highest BCUT2D eigenvalue weighted by molar-refractivity contribution is 5.85. The zero-order chi connectivity index (χ0) is 28.4. The van der Waals surface area contributed by atoms with Crippen LogP contribution in [0.15, 0.2) is 120 Å². The summed E-state index contributed by atoms with van der Waals surface area (Å²) in [7, 11) is 0. The van der Waals surface area contributed by atoms with Crippen molar-refractivity contribution in [3.8, 4) is 44.8 Å². The van der Waals surface area contributed by atoms with Gasteiger partial charge in [0.1, 0.15) is 5.52 Å². The van der Waals surface area contributed by atoms with Crippen LogP contribution < -0.4 is 0 Å². The molecule has 4 saturated carbocycles. The van der Waals surface area contributed by atoms with Crippen LogP contribution in [0.1, 0.15) is 44.1 Å². The summed E-state index contributed by atoms with van der Waals surface area (Å²) in [5.74, 6) is 2.66. The molecule has 4 aliphatic rings. The van der Waals surface area contributed by atoms with Crippen LogP contribution in [0.5, 0.6) is 0 Å². The third-order valence-corrected chi connectivity index (χ3v) is 10.6. The molecule has 0 N–H and O–H groups in total. The first-order valence-electron chi connectivity index (χ1n) is 15.8. The molecule has 0 unspecified atom stereocenters. The van der Waals surface area contributed by atoms with Crippen molar-refractivity contribution in [2.45, 2.75) is 43.9 Å². The van der Waals surface area contributed by atoms with Crippen LogP contribution in [0, 0.1) is 17.8 Å². The Balaban J connectivity index is 1.11. The first kappa shape index (κ1) is 25.0. The molecule has 3 nitrogen and oxygen atoms in total. The standard InChI is InChI=1S/C40H34N2O/c1-3-7-31(8-4-1)36-19-34(20-37(42-36)32-9-5-2-6-10-32)30-13-11-29(12-14-30)33-18-35(39-38(21-33)43-25-41-39)40-22-26-15-27(23-40)17-28(16-26)24-40/h1-14,18-21,25-28H,15-17,22-24H2. The molecule has 3 heteroatoms. The maximum absolute atomic E-state index is 5.97. The lowest BCUT2D eigenvalue weighted by Crippen LogP contribution is -2.48. The lowest BCUT2D eigenvalue weighted by molar-refractivity contribution is -0.00455. The second-order valence-corrected chi connectivity index (χ2v) is 13.4. The Hall–Kier alpha value is -4.50. The monoisotopic (exact) mass is 558 g/mol. The van der Waals surface area contributed by atoms with E-state index < -0.39 is 0 Å². The van der Waals surface area contributed by atoms with E-state index in [1.165, 1.54) is 66.3 Å². The molecule has 4 bridgehead atoms. The molecule has 6 aromatic rings. The topological polar surface area (TPSA) is 38.9 Å². The van der Waals surface area contributed by atoms with Crippen LogP contribution in [-0.2, 0) is 5.41 Å². The Morgan fingerprint density at radius 2 is 1.05 bits per heavy atom. The summed E-state index contributed by atoms with van der Waals surface area (Å²) < 4.78 is 5.97. The number of hydrogen-bond acceptors (Lipinski definition) is 3. The van der Waals surface area contributed by atoms with E-state index in [0.717, 1.165) is 51.4 Å². The molecule has 4 aliphatic carbocycles. The van der Waals surface area contributed by atoms with Gasteiger partial charge in [-0.25, -0.2) is 9.97 Å². The summed E-state index contributed by atoms with van der Waals surface area (Å²) in [5, 5.41) is 0. The number of oxazole rings is 1. The molecule has 0 spiro atoms. The summed E-state index contributed by atoms with van der Waals surface area (Å²) in [6.07, 6.45) is 9.91. The third-order valence-electron chi connectivity index (χ3n) is 10.6. The number of hydrogen-bond donors (Lipinski definition) is 0. The molecular formula is C40H34N2O. The van der Waals surface area contributed by atoms with Gasteiger partial charge in [-0.1, -0.05) is 84.9 Å². The van der Waals surface area contributed by atoms with Gasteiger partial charge in [0.25, 0.3) is 0 Å². The van der Waals surface area contributed by atoms with Crippen LogP contribution >= 0.6 is 0 Å². The summed E-state index contributed by atoms with van der Waals surface area (Å²) in [6.45, 7) is 0. The van der Waals surface area contributed by atoms with Crippen molar-refractivity contribution >= 4 is 11.1 Å². The quantitative estimate of drug-likeness (QED) is 0.211. The maximum atomic E-state index is 5.97. The number of rotatable bonds is 5. The van der Waals surface area contributed by atoms with Crippen LogP contribution in [0.2, 0.25) is 0 Å². The van der Waals surface area contributed by atoms with Gasteiger partial charge in [-0.15, -0.1) is 0 Å². The molecule has 210 valence electrons. The van der Waals surface area contributed by atoms with E-state index in [0.29, 0.717) is 0 Å². The van der Waals surface area contributed by atoms with Crippen LogP contribution in [-0.4, -0.2) is 9.97 Å². The zero-order valence-corrected chi connectivity index (χ0v) is 24.2. The minimum atomic E-state index is 0.262. The molecule has 0 radical (unpaired) electrons. The number of fused-ring (bicyclic) bond motifs is 1. The largest absolute Gasteiger partial charge is 0.443 e. The predicted molar refractivity (Wildman–Crippen MR) is 173 cm³/mol. The van der Waals surface area contributed by atoms with Crippen molar-refractivity contribution in [2.24, 2.45) is 17.8 Å². The fourth-order valence-electron chi connectivity index (χ4n) is 9.04. The Bertz CT molecular complexity index is 1850. The predicted octanol–water partition coefficient (Wildman–Crippen LogP) is 10.4. The lowest BCUT2D eigenvalue weighted by atomic mass is 9.48. The average Bonchev–Trinajstić information content (AvgIpc) is 3.53. The van der Waals surface area contributed by atoms with Crippen molar-refractivity contribution < 1.29 is 4.42 Å². The Labute approximate surface area is 252 Å². The minimum Gasteiger partial charge on any atom is -0.443 e. The average molecular weight is 559 g/mol. The van der Waals surface area contributed by atoms with Gasteiger partial charge in [0.2, 0.25) is 0 Å². The van der Waals surface area contributed by atoms with Gasteiger partial charge >= 0.3 is 0 Å². The second-order valence-electron chi connectivity index (χ2n) is 13.4. The molecule has 0 amide bonds. The van der Waals surface area contributed by atoms with Crippen molar-refractivity contribution in [1.82, 2.24) is 9.97 Å². The van der Waals surface area contributed by atoms with Crippen LogP contribution in [0.25, 0.3) is 55.9 Å². The summed E-state index contributed by atoms with van der Waals surface area (Å²) >= 11 is 0. The van der Waals surface area contributed by atoms with Gasteiger partial charge < -0.3 is 4.42 Å². The smallest absolute Gasteiger partial charge is 0.181 e. The maximum Gasteiger partial charge on any atom is 0.181 e. The highest BCUT2D eigenvalue weighted by atomic mass is 16.3. The van der Waals surface area contributed by atoms with E-state index in [-0.39, 0.29) is 5.41 Å². The van der Waals surface area contributed by atoms with Gasteiger partial charge in [-0.05, 0) is 114 Å². The molecule has 10 rings (SSSR count). The van der Waals surface area contributed by atoms with E-state index in [9.17, 15) is 0 Å². The fourth-order valence-corrected chi connectivity index (χ4v) is 9.04. The molecule has 2 heterocycles. The molecule has 0 aliphatic heterocycles. The van der Waals surface area contributed by atoms with E-state index in [4.69, 9.17) is 14.4 Å². The molecule has 2 aromatic heterocycles. The summed E-state index contributed by atoms with van der Waals surface area (Å²) in [6, 6.07) is 39.0. The van der Waals surface area contributed by atoms with Crippen molar-refractivity contribution in [3.63, 3.8) is 0 Å². The molecule has 0 saturated heterocycles. The van der Waals surface area contributed by atoms with E-state index in [1.807, 2.05) is 0 Å². The van der Waals surface area contributed by atoms with E-state index >= 15 is 0 Å². The normalized spacial score (nSPS) is 24.0. The lowest BCUT2D eigenvalue weighted by Gasteiger charge is -2.57. The number of aromatic nitrogens is 2. The fraction of sp³-hybridized carbons (Fsp3) is 0.250. The van der Waals surface area contributed by atoms with Gasteiger partial charge in [-0.3, -0.25) is 0 Å². The summed E-state index contributed by atoms with van der Waals surface area (Å²) in [4.78, 5) is 9.82. The molecule has 4 aromatic carbocycles. The SMILES string of the molecule is c1ccc(-c2cc(-c3ccc(-c4cc(C56CC7CC(CC(C7)C5)C6)c5ncoc5c4)cc3)cc(-c3ccccc3)n2)cc1. The molecule has 4 fully saturated rings. The van der Waals surface area contributed by atoms with E-state index in [2.05, 4.69) is 109 Å². The van der Waals surface area contributed by atoms with Gasteiger partial charge in [-0.2, -0.15) is 0 Å². The zero-order valence-electron chi connectivity index (χ0n) is 24.2. The molecular weight excluding hydrogens is 524 g/mol. The van der Waals surface area contributed by atoms with Gasteiger partial charge in [0, 0.05) is 11.1 Å². The summed E-state index contributed by atoms with van der Waals surface area (Å²) in [5.41, 5.74) is 12.7. The second kappa shape index (κ2) is 9.77. The van der Waals surface area contributed by atoms with Crippen molar-refractivity contribution in [2.75, 3.05) is 0 Å². The van der Waals surface area contributed by atoms with Gasteiger partial charge in [0.05, 0.1) is 11.4 Å². The Morgan fingerprint density at radius 1 is 0.535 bits per heavy atom.